The van der Waals surface area contributed by atoms with E-state index >= 15 is 0 Å². The summed E-state index contributed by atoms with van der Waals surface area (Å²) in [6.45, 7) is 21.9. The van der Waals surface area contributed by atoms with Crippen molar-refractivity contribution >= 4 is 0 Å². The normalized spacial score (nSPS) is 55.4. The zero-order valence-corrected chi connectivity index (χ0v) is 22.8. The first kappa shape index (κ1) is 24.1. The maximum absolute atomic E-state index is 10.9. The van der Waals surface area contributed by atoms with E-state index in [1.165, 1.54) is 63.4 Å². The molecule has 10 atom stereocenters. The van der Waals surface area contributed by atoms with Crippen LogP contribution in [0.5, 0.6) is 0 Å². The number of rotatable bonds is 2. The van der Waals surface area contributed by atoms with E-state index in [1.54, 1.807) is 0 Å². The fraction of sp³-hybridized carbons (Fsp3) is 0.875. The van der Waals surface area contributed by atoms with E-state index in [-0.39, 0.29) is 11.5 Å². The summed E-state index contributed by atoms with van der Waals surface area (Å²) in [5, 5.41) is 10.9. The molecule has 0 amide bonds. The average Bonchev–Trinajstić information content (AvgIpc) is 3.12. The number of allylic oxidation sites excluding steroid dienone is 3. The molecule has 5 unspecified atom stereocenters. The molecule has 1 N–H and O–H groups in total. The Kier molecular flexibility index (Phi) is 5.47. The van der Waals surface area contributed by atoms with Crippen molar-refractivity contribution in [1.29, 1.82) is 0 Å². The van der Waals surface area contributed by atoms with Gasteiger partial charge in [-0.05, 0) is 135 Å². The predicted octanol–water partition coefficient (Wildman–Crippen LogP) is 8.58. The summed E-state index contributed by atoms with van der Waals surface area (Å²) in [7, 11) is 0. The zero-order chi connectivity index (χ0) is 24.0. The van der Waals surface area contributed by atoms with E-state index in [4.69, 9.17) is 0 Å². The molecule has 5 rings (SSSR count). The fourth-order valence-electron chi connectivity index (χ4n) is 11.8. The van der Waals surface area contributed by atoms with Gasteiger partial charge in [0.2, 0.25) is 0 Å². The van der Waals surface area contributed by atoms with Gasteiger partial charge in [-0.2, -0.15) is 0 Å². The highest BCUT2D eigenvalue weighted by Gasteiger charge is 2.70. The van der Waals surface area contributed by atoms with E-state index in [0.717, 1.165) is 24.2 Å². The second-order valence-electron chi connectivity index (χ2n) is 14.8. The first-order valence-electron chi connectivity index (χ1n) is 14.3. The lowest BCUT2D eigenvalue weighted by Crippen LogP contribution is -2.66. The van der Waals surface area contributed by atoms with Crippen molar-refractivity contribution in [3.8, 4) is 0 Å². The Hall–Kier alpha value is -0.560. The molecule has 0 bridgehead atoms. The van der Waals surface area contributed by atoms with Crippen molar-refractivity contribution in [2.24, 2.45) is 56.7 Å². The molecular formula is C32H52O. The van der Waals surface area contributed by atoms with Crippen LogP contribution in [0.4, 0.5) is 0 Å². The zero-order valence-electron chi connectivity index (χ0n) is 22.8. The molecule has 0 aliphatic heterocycles. The highest BCUT2D eigenvalue weighted by atomic mass is 16.3. The molecule has 5 fully saturated rings. The number of hydrogen-bond donors (Lipinski definition) is 1. The summed E-state index contributed by atoms with van der Waals surface area (Å²) in [5.41, 5.74) is 3.15. The Morgan fingerprint density at radius 2 is 1.55 bits per heavy atom. The van der Waals surface area contributed by atoms with E-state index < -0.39 is 0 Å². The molecule has 0 radical (unpaired) electrons. The first-order valence-corrected chi connectivity index (χ1v) is 14.3. The molecule has 1 nitrogen and oxygen atoms in total. The number of aliphatic hydroxyl groups excluding tert-OH is 1. The lowest BCUT2D eigenvalue weighted by atomic mass is 9.32. The minimum atomic E-state index is -0.127. The van der Waals surface area contributed by atoms with E-state index in [9.17, 15) is 5.11 Å². The summed E-state index contributed by atoms with van der Waals surface area (Å²) in [5.74, 6) is 3.79. The van der Waals surface area contributed by atoms with Crippen LogP contribution in [0, 0.1) is 56.7 Å². The van der Waals surface area contributed by atoms with Gasteiger partial charge >= 0.3 is 0 Å². The molecule has 0 saturated heterocycles. The molecule has 0 aromatic rings. The average molecular weight is 453 g/mol. The van der Waals surface area contributed by atoms with Crippen molar-refractivity contribution < 1.29 is 5.11 Å². The van der Waals surface area contributed by atoms with Crippen molar-refractivity contribution in [3.05, 3.63) is 24.3 Å². The third-order valence-corrected chi connectivity index (χ3v) is 13.6. The molecule has 5 aliphatic carbocycles. The number of aliphatic hydroxyl groups is 1. The van der Waals surface area contributed by atoms with Crippen LogP contribution in [0.15, 0.2) is 24.3 Å². The SMILES string of the molecule is C=C(C)C1CC[C@]2(/C=C/C)CC[C@]3(C)C(CCC4[C@@]5(C)CC[C@@H](O)C(C)(C)C5CC[C@]43C)C12. The smallest absolute Gasteiger partial charge is 0.0594 e. The van der Waals surface area contributed by atoms with Crippen LogP contribution < -0.4 is 0 Å². The van der Waals surface area contributed by atoms with Crippen LogP contribution in [0.3, 0.4) is 0 Å². The topological polar surface area (TPSA) is 20.2 Å². The van der Waals surface area contributed by atoms with Crippen LogP contribution >= 0.6 is 0 Å². The van der Waals surface area contributed by atoms with E-state index in [0.29, 0.717) is 33.5 Å². The van der Waals surface area contributed by atoms with Gasteiger partial charge in [0.1, 0.15) is 0 Å². The third-order valence-electron chi connectivity index (χ3n) is 13.6. The van der Waals surface area contributed by atoms with Crippen LogP contribution in [-0.2, 0) is 0 Å². The maximum atomic E-state index is 10.9. The fourth-order valence-corrected chi connectivity index (χ4v) is 11.8. The molecule has 5 saturated carbocycles. The molecule has 0 spiro atoms. The van der Waals surface area contributed by atoms with Gasteiger partial charge in [-0.3, -0.25) is 0 Å². The Bertz CT molecular complexity index is 837. The number of fused-ring (bicyclic) bond motifs is 7. The highest BCUT2D eigenvalue weighted by Crippen LogP contribution is 2.77. The third kappa shape index (κ3) is 2.93. The summed E-state index contributed by atoms with van der Waals surface area (Å²) >= 11 is 0. The first-order chi connectivity index (χ1) is 15.4. The van der Waals surface area contributed by atoms with Gasteiger partial charge in [-0.25, -0.2) is 0 Å². The largest absolute Gasteiger partial charge is 0.393 e. The molecule has 0 aromatic carbocycles. The Morgan fingerprint density at radius 1 is 0.818 bits per heavy atom. The van der Waals surface area contributed by atoms with Crippen LogP contribution in [0.2, 0.25) is 0 Å². The molecular weight excluding hydrogens is 400 g/mol. The Morgan fingerprint density at radius 3 is 2.21 bits per heavy atom. The van der Waals surface area contributed by atoms with Gasteiger partial charge in [-0.1, -0.05) is 58.9 Å². The summed E-state index contributed by atoms with van der Waals surface area (Å²) in [4.78, 5) is 0. The summed E-state index contributed by atoms with van der Waals surface area (Å²) in [6.07, 6.45) is 18.1. The standard InChI is InChI=1S/C32H52O/c1-9-15-32-18-12-22(21(2)3)27(32)23-10-11-25-29(6)16-14-26(33)28(4,5)24(29)13-17-31(25,8)30(23,7)19-20-32/h9,15,22-27,33H,2,10-14,16-20H2,1,3-8H3/b15-9+/t22?,23?,24?,25?,26-,27?,29+,30-,31-,32-/m1/s1. The van der Waals surface area contributed by atoms with Crippen molar-refractivity contribution in [1.82, 2.24) is 0 Å². The molecule has 186 valence electrons. The summed E-state index contributed by atoms with van der Waals surface area (Å²) in [6, 6.07) is 0. The molecule has 33 heavy (non-hydrogen) atoms. The van der Waals surface area contributed by atoms with Crippen molar-refractivity contribution in [2.45, 2.75) is 119 Å². The highest BCUT2D eigenvalue weighted by molar-refractivity contribution is 5.24. The van der Waals surface area contributed by atoms with Crippen molar-refractivity contribution in [3.63, 3.8) is 0 Å². The van der Waals surface area contributed by atoms with Gasteiger partial charge in [-0.15, -0.1) is 0 Å². The molecule has 0 heterocycles. The lowest BCUT2D eigenvalue weighted by molar-refractivity contribution is -0.244. The lowest BCUT2D eigenvalue weighted by Gasteiger charge is -2.73. The van der Waals surface area contributed by atoms with Gasteiger partial charge in [0.25, 0.3) is 0 Å². The predicted molar refractivity (Wildman–Crippen MR) is 140 cm³/mol. The van der Waals surface area contributed by atoms with Crippen molar-refractivity contribution in [2.75, 3.05) is 0 Å². The van der Waals surface area contributed by atoms with Gasteiger partial charge in [0.15, 0.2) is 0 Å². The Balaban J connectivity index is 1.56. The van der Waals surface area contributed by atoms with Gasteiger partial charge in [0, 0.05) is 0 Å². The minimum Gasteiger partial charge on any atom is -0.393 e. The van der Waals surface area contributed by atoms with Gasteiger partial charge in [0.05, 0.1) is 6.10 Å². The van der Waals surface area contributed by atoms with E-state index in [2.05, 4.69) is 67.2 Å². The Labute approximate surface area is 204 Å². The maximum Gasteiger partial charge on any atom is 0.0594 e. The van der Waals surface area contributed by atoms with Crippen LogP contribution in [0.1, 0.15) is 113 Å². The molecule has 5 aliphatic rings. The monoisotopic (exact) mass is 452 g/mol. The molecule has 0 aromatic heterocycles. The van der Waals surface area contributed by atoms with E-state index in [1.807, 2.05) is 0 Å². The summed E-state index contributed by atoms with van der Waals surface area (Å²) < 4.78 is 0. The van der Waals surface area contributed by atoms with Crippen LogP contribution in [0.25, 0.3) is 0 Å². The number of hydrogen-bond acceptors (Lipinski definition) is 1. The van der Waals surface area contributed by atoms with Gasteiger partial charge < -0.3 is 5.11 Å². The second kappa shape index (κ2) is 7.47. The molecule has 1 heteroatoms. The quantitative estimate of drug-likeness (QED) is 0.416. The second-order valence-corrected chi connectivity index (χ2v) is 14.8. The minimum absolute atomic E-state index is 0.0518. The van der Waals surface area contributed by atoms with Crippen LogP contribution in [-0.4, -0.2) is 11.2 Å².